The van der Waals surface area contributed by atoms with E-state index in [2.05, 4.69) is 10.3 Å². The molecule has 0 aliphatic carbocycles. The molecule has 1 aromatic carbocycles. The highest BCUT2D eigenvalue weighted by Crippen LogP contribution is 2.33. The molecule has 0 aliphatic rings. The van der Waals surface area contributed by atoms with Crippen LogP contribution < -0.4 is 5.32 Å². The van der Waals surface area contributed by atoms with Crippen molar-refractivity contribution in [3.63, 3.8) is 0 Å². The zero-order chi connectivity index (χ0) is 18.8. The topological polar surface area (TPSA) is 68.3 Å². The lowest BCUT2D eigenvalue weighted by Crippen LogP contribution is -2.14. The lowest BCUT2D eigenvalue weighted by atomic mass is 10.1. The maximum absolute atomic E-state index is 12.6. The number of benzene rings is 1. The van der Waals surface area contributed by atoms with Crippen LogP contribution in [0.1, 0.15) is 36.9 Å². The zero-order valence-electron chi connectivity index (χ0n) is 14.9. The highest BCUT2D eigenvalue weighted by atomic mass is 32.1. The number of hydrogen-bond acceptors (Lipinski definition) is 6. The van der Waals surface area contributed by atoms with Gasteiger partial charge in [-0.1, -0.05) is 29.8 Å². The summed E-state index contributed by atoms with van der Waals surface area (Å²) in [5, 5.41) is 5.79. The van der Waals surface area contributed by atoms with Crippen LogP contribution in [0.3, 0.4) is 0 Å². The lowest BCUT2D eigenvalue weighted by molar-refractivity contribution is 0.0601. The van der Waals surface area contributed by atoms with Crippen molar-refractivity contribution >= 4 is 39.6 Å². The van der Waals surface area contributed by atoms with E-state index in [1.807, 2.05) is 45.0 Å². The van der Waals surface area contributed by atoms with Gasteiger partial charge in [-0.15, -0.1) is 22.7 Å². The van der Waals surface area contributed by atoms with E-state index in [1.54, 1.807) is 5.38 Å². The van der Waals surface area contributed by atoms with Crippen molar-refractivity contribution < 1.29 is 14.3 Å². The van der Waals surface area contributed by atoms with E-state index < -0.39 is 5.97 Å². The number of rotatable bonds is 4. The number of amides is 1. The number of carbonyl (C=O) groups excluding carboxylic acids is 2. The third-order valence-corrected chi connectivity index (χ3v) is 6.05. The van der Waals surface area contributed by atoms with Gasteiger partial charge in [-0.2, -0.15) is 0 Å². The SMILES string of the molecule is COC(=O)c1c(NC(=O)c2csc(-c3ccc(C)cc3)n2)sc(C)c1C. The maximum Gasteiger partial charge on any atom is 0.341 e. The quantitative estimate of drug-likeness (QED) is 0.652. The first-order valence-corrected chi connectivity index (χ1v) is 9.62. The number of methoxy groups -OCH3 is 1. The molecular weight excluding hydrogens is 368 g/mol. The van der Waals surface area contributed by atoms with Gasteiger partial charge < -0.3 is 10.1 Å². The Bertz CT molecular complexity index is 971. The van der Waals surface area contributed by atoms with Crippen LogP contribution in [0.4, 0.5) is 5.00 Å². The lowest BCUT2D eigenvalue weighted by Gasteiger charge is -2.04. The molecule has 0 unspecified atom stereocenters. The number of hydrogen-bond donors (Lipinski definition) is 1. The summed E-state index contributed by atoms with van der Waals surface area (Å²) in [7, 11) is 1.33. The van der Waals surface area contributed by atoms with Crippen LogP contribution in [-0.2, 0) is 4.74 Å². The number of nitrogens with zero attached hydrogens (tertiary/aromatic N) is 1. The second kappa shape index (κ2) is 7.39. The van der Waals surface area contributed by atoms with Crippen molar-refractivity contribution in [2.45, 2.75) is 20.8 Å². The highest BCUT2D eigenvalue weighted by Gasteiger charge is 2.22. The van der Waals surface area contributed by atoms with Crippen molar-refractivity contribution in [2.75, 3.05) is 12.4 Å². The number of thiophene rings is 1. The standard InChI is InChI=1S/C19H18N2O3S2/c1-10-5-7-13(8-6-10)17-20-14(9-25-17)16(22)21-18-15(19(23)24-4)11(2)12(3)26-18/h5-9H,1-4H3,(H,21,22). The predicted molar refractivity (Wildman–Crippen MR) is 105 cm³/mol. The molecule has 0 aliphatic heterocycles. The first-order chi connectivity index (χ1) is 12.4. The van der Waals surface area contributed by atoms with Gasteiger partial charge in [0.25, 0.3) is 5.91 Å². The van der Waals surface area contributed by atoms with Crippen LogP contribution >= 0.6 is 22.7 Å². The Morgan fingerprint density at radius 3 is 2.46 bits per heavy atom. The van der Waals surface area contributed by atoms with Crippen LogP contribution in [-0.4, -0.2) is 24.0 Å². The smallest absolute Gasteiger partial charge is 0.341 e. The van der Waals surface area contributed by atoms with Gasteiger partial charge in [-0.05, 0) is 26.3 Å². The number of ether oxygens (including phenoxy) is 1. The molecule has 26 heavy (non-hydrogen) atoms. The summed E-state index contributed by atoms with van der Waals surface area (Å²) in [6.07, 6.45) is 0. The summed E-state index contributed by atoms with van der Waals surface area (Å²) < 4.78 is 4.83. The van der Waals surface area contributed by atoms with E-state index >= 15 is 0 Å². The summed E-state index contributed by atoms with van der Waals surface area (Å²) in [6.45, 7) is 5.76. The fraction of sp³-hybridized carbons (Fsp3) is 0.211. The molecule has 3 aromatic rings. The predicted octanol–water partition coefficient (Wildman–Crippen LogP) is 4.84. The molecule has 0 saturated carbocycles. The minimum atomic E-state index is -0.458. The van der Waals surface area contributed by atoms with Gasteiger partial charge in [0.1, 0.15) is 15.7 Å². The summed E-state index contributed by atoms with van der Waals surface area (Å²) in [5.41, 5.74) is 3.68. The second-order valence-electron chi connectivity index (χ2n) is 5.84. The number of anilines is 1. The third-order valence-electron chi connectivity index (χ3n) is 4.04. The first kappa shape index (κ1) is 18.3. The molecule has 5 nitrogen and oxygen atoms in total. The molecule has 3 rings (SSSR count). The van der Waals surface area contributed by atoms with Crippen LogP contribution in [0.5, 0.6) is 0 Å². The van der Waals surface area contributed by atoms with Crippen molar-refractivity contribution in [2.24, 2.45) is 0 Å². The van der Waals surface area contributed by atoms with Crippen molar-refractivity contribution in [3.05, 3.63) is 56.9 Å². The molecular formula is C19H18N2O3S2. The average molecular weight is 386 g/mol. The zero-order valence-corrected chi connectivity index (χ0v) is 16.5. The molecule has 2 aromatic heterocycles. The van der Waals surface area contributed by atoms with E-state index in [4.69, 9.17) is 4.74 Å². The summed E-state index contributed by atoms with van der Waals surface area (Å²) in [5.74, 6) is -0.799. The molecule has 0 spiro atoms. The van der Waals surface area contributed by atoms with Crippen molar-refractivity contribution in [3.8, 4) is 10.6 Å². The van der Waals surface area contributed by atoms with E-state index in [-0.39, 0.29) is 5.91 Å². The molecule has 1 amide bonds. The molecule has 134 valence electrons. The second-order valence-corrected chi connectivity index (χ2v) is 7.92. The number of aromatic nitrogens is 1. The molecule has 7 heteroatoms. The Labute approximate surface area is 159 Å². The molecule has 1 N–H and O–H groups in total. The van der Waals surface area contributed by atoms with E-state index in [0.717, 1.165) is 21.0 Å². The number of thiazole rings is 1. The summed E-state index contributed by atoms with van der Waals surface area (Å²) in [6, 6.07) is 7.99. The number of nitrogens with one attached hydrogen (secondary N) is 1. The minimum absolute atomic E-state index is 0.324. The van der Waals surface area contributed by atoms with Gasteiger partial charge in [0, 0.05) is 15.8 Å². The van der Waals surface area contributed by atoms with E-state index in [1.165, 1.54) is 35.3 Å². The Balaban J connectivity index is 1.85. The largest absolute Gasteiger partial charge is 0.465 e. The van der Waals surface area contributed by atoms with Gasteiger partial charge in [-0.25, -0.2) is 9.78 Å². The molecule has 0 radical (unpaired) electrons. The summed E-state index contributed by atoms with van der Waals surface area (Å²) >= 11 is 2.77. The van der Waals surface area contributed by atoms with Gasteiger partial charge in [-0.3, -0.25) is 4.79 Å². The first-order valence-electron chi connectivity index (χ1n) is 7.93. The van der Waals surface area contributed by atoms with Gasteiger partial charge >= 0.3 is 5.97 Å². The molecule has 0 atom stereocenters. The van der Waals surface area contributed by atoms with E-state index in [9.17, 15) is 9.59 Å². The Morgan fingerprint density at radius 1 is 1.12 bits per heavy atom. The Morgan fingerprint density at radius 2 is 1.81 bits per heavy atom. The maximum atomic E-state index is 12.6. The fourth-order valence-corrected chi connectivity index (χ4v) is 4.29. The molecule has 0 bridgehead atoms. The van der Waals surface area contributed by atoms with Crippen LogP contribution in [0, 0.1) is 20.8 Å². The van der Waals surface area contributed by atoms with Crippen LogP contribution in [0.2, 0.25) is 0 Å². The van der Waals surface area contributed by atoms with Crippen LogP contribution in [0.25, 0.3) is 10.6 Å². The molecule has 2 heterocycles. The third kappa shape index (κ3) is 3.54. The Kier molecular flexibility index (Phi) is 5.20. The van der Waals surface area contributed by atoms with E-state index in [0.29, 0.717) is 16.3 Å². The van der Waals surface area contributed by atoms with Crippen molar-refractivity contribution in [1.29, 1.82) is 0 Å². The number of esters is 1. The Hall–Kier alpha value is -2.51. The van der Waals surface area contributed by atoms with Gasteiger partial charge in [0.05, 0.1) is 12.7 Å². The highest BCUT2D eigenvalue weighted by molar-refractivity contribution is 7.17. The fourth-order valence-electron chi connectivity index (χ4n) is 2.44. The minimum Gasteiger partial charge on any atom is -0.465 e. The molecule has 0 saturated heterocycles. The average Bonchev–Trinajstić information content (AvgIpc) is 3.21. The summed E-state index contributed by atoms with van der Waals surface area (Å²) in [4.78, 5) is 30.0. The number of aryl methyl sites for hydroxylation is 2. The van der Waals surface area contributed by atoms with Crippen LogP contribution in [0.15, 0.2) is 29.6 Å². The molecule has 0 fully saturated rings. The number of carbonyl (C=O) groups is 2. The van der Waals surface area contributed by atoms with Gasteiger partial charge in [0.2, 0.25) is 0 Å². The monoisotopic (exact) mass is 386 g/mol. The normalized spacial score (nSPS) is 10.6. The van der Waals surface area contributed by atoms with Crippen molar-refractivity contribution in [1.82, 2.24) is 4.98 Å². The van der Waals surface area contributed by atoms with Gasteiger partial charge in [0.15, 0.2) is 0 Å².